The highest BCUT2D eigenvalue weighted by molar-refractivity contribution is 9.10. The molecule has 1 unspecified atom stereocenters. The van der Waals surface area contributed by atoms with Crippen molar-refractivity contribution < 1.29 is 4.74 Å². The van der Waals surface area contributed by atoms with Crippen molar-refractivity contribution >= 4 is 15.9 Å². The quantitative estimate of drug-likeness (QED) is 0.609. The number of benzene rings is 2. The summed E-state index contributed by atoms with van der Waals surface area (Å²) in [5, 5.41) is 0. The van der Waals surface area contributed by atoms with Crippen LogP contribution in [0, 0.1) is 20.8 Å². The minimum absolute atomic E-state index is 0.0874. The first kappa shape index (κ1) is 16.6. The van der Waals surface area contributed by atoms with Crippen LogP contribution in [0.25, 0.3) is 0 Å². The molecule has 0 N–H and O–H groups in total. The van der Waals surface area contributed by atoms with Crippen LogP contribution >= 0.6 is 15.9 Å². The van der Waals surface area contributed by atoms with Gasteiger partial charge in [0.15, 0.2) is 0 Å². The van der Waals surface area contributed by atoms with E-state index in [0.29, 0.717) is 12.5 Å². The van der Waals surface area contributed by atoms with E-state index < -0.39 is 0 Å². The Bertz CT molecular complexity index is 759. The first-order valence-electron chi connectivity index (χ1n) is 8.30. The molecule has 0 aliphatic carbocycles. The van der Waals surface area contributed by atoms with E-state index in [1.54, 1.807) is 0 Å². The third-order valence-electron chi connectivity index (χ3n) is 5.44. The van der Waals surface area contributed by atoms with Crippen LogP contribution < -0.4 is 4.74 Å². The number of fused-ring (bicyclic) bond motifs is 1. The average Bonchev–Trinajstić information content (AvgIpc) is 2.90. The van der Waals surface area contributed by atoms with Gasteiger partial charge in [-0.15, -0.1) is 0 Å². The lowest BCUT2D eigenvalue weighted by Gasteiger charge is -2.26. The predicted octanol–water partition coefficient (Wildman–Crippen LogP) is 6.20. The molecule has 1 heterocycles. The monoisotopic (exact) mass is 372 g/mol. The van der Waals surface area contributed by atoms with Gasteiger partial charge in [-0.1, -0.05) is 54.0 Å². The van der Waals surface area contributed by atoms with Gasteiger partial charge in [-0.2, -0.15) is 0 Å². The summed E-state index contributed by atoms with van der Waals surface area (Å²) in [5.74, 6) is 1.64. The predicted molar refractivity (Wildman–Crippen MR) is 101 cm³/mol. The van der Waals surface area contributed by atoms with Gasteiger partial charge in [0, 0.05) is 10.0 Å². The van der Waals surface area contributed by atoms with Crippen molar-refractivity contribution in [3.8, 4) is 5.75 Å². The molecule has 1 aliphatic heterocycles. The van der Waals surface area contributed by atoms with Crippen molar-refractivity contribution in [2.24, 2.45) is 0 Å². The molecule has 3 rings (SSSR count). The summed E-state index contributed by atoms with van der Waals surface area (Å²) in [6.07, 6.45) is 0. The normalized spacial score (nSPS) is 19.8. The highest BCUT2D eigenvalue weighted by atomic mass is 79.9. The van der Waals surface area contributed by atoms with E-state index in [2.05, 4.69) is 81.7 Å². The Kier molecular flexibility index (Phi) is 4.08. The van der Waals surface area contributed by atoms with Gasteiger partial charge in [0.2, 0.25) is 0 Å². The Labute approximate surface area is 148 Å². The van der Waals surface area contributed by atoms with Crippen LogP contribution in [0.15, 0.2) is 28.7 Å². The number of hydrogen-bond donors (Lipinski definition) is 0. The molecule has 1 aliphatic rings. The van der Waals surface area contributed by atoms with Gasteiger partial charge in [-0.25, -0.2) is 0 Å². The minimum Gasteiger partial charge on any atom is -0.492 e. The van der Waals surface area contributed by atoms with Crippen LogP contribution in [0.5, 0.6) is 5.75 Å². The minimum atomic E-state index is -0.0874. The second kappa shape index (κ2) is 5.66. The molecular weight excluding hydrogens is 348 g/mol. The van der Waals surface area contributed by atoms with Crippen molar-refractivity contribution in [1.29, 1.82) is 0 Å². The molecule has 0 bridgehead atoms. The topological polar surface area (TPSA) is 9.23 Å². The van der Waals surface area contributed by atoms with E-state index in [-0.39, 0.29) is 5.41 Å². The summed E-state index contributed by atoms with van der Waals surface area (Å²) in [7, 11) is 0. The van der Waals surface area contributed by atoms with Crippen molar-refractivity contribution in [3.63, 3.8) is 0 Å². The molecule has 2 aromatic carbocycles. The van der Waals surface area contributed by atoms with Crippen molar-refractivity contribution in [2.75, 3.05) is 6.61 Å². The fourth-order valence-corrected chi connectivity index (χ4v) is 4.18. The van der Waals surface area contributed by atoms with E-state index in [0.717, 1.165) is 5.75 Å². The SMILES string of the molecule is Cc1c(C)c2c(c(C)c1Br)C(C)(c1ccc(C(C)C)cc1)CO2. The summed E-state index contributed by atoms with van der Waals surface area (Å²) >= 11 is 3.78. The van der Waals surface area contributed by atoms with E-state index >= 15 is 0 Å². The Morgan fingerprint density at radius 3 is 2.17 bits per heavy atom. The first-order chi connectivity index (χ1) is 10.8. The highest BCUT2D eigenvalue weighted by Crippen LogP contribution is 2.49. The lowest BCUT2D eigenvalue weighted by Crippen LogP contribution is -2.26. The van der Waals surface area contributed by atoms with E-state index in [1.807, 2.05) is 0 Å². The van der Waals surface area contributed by atoms with Crippen molar-refractivity contribution in [3.05, 3.63) is 62.1 Å². The summed E-state index contributed by atoms with van der Waals surface area (Å²) in [6.45, 7) is 14.0. The van der Waals surface area contributed by atoms with Gasteiger partial charge in [0.05, 0.1) is 5.41 Å². The van der Waals surface area contributed by atoms with Gasteiger partial charge >= 0.3 is 0 Å². The Balaban J connectivity index is 2.17. The lowest BCUT2D eigenvalue weighted by molar-refractivity contribution is 0.301. The molecule has 2 aromatic rings. The van der Waals surface area contributed by atoms with Crippen LogP contribution in [0.3, 0.4) is 0 Å². The zero-order chi connectivity index (χ0) is 16.9. The fraction of sp³-hybridized carbons (Fsp3) is 0.429. The fourth-order valence-electron chi connectivity index (χ4n) is 3.68. The lowest BCUT2D eigenvalue weighted by atomic mass is 9.75. The number of halogens is 1. The van der Waals surface area contributed by atoms with E-state index in [9.17, 15) is 0 Å². The van der Waals surface area contributed by atoms with Crippen LogP contribution in [0.1, 0.15) is 60.1 Å². The second-order valence-corrected chi connectivity index (χ2v) is 8.08. The smallest absolute Gasteiger partial charge is 0.127 e. The van der Waals surface area contributed by atoms with Gasteiger partial charge in [-0.3, -0.25) is 0 Å². The largest absolute Gasteiger partial charge is 0.492 e. The zero-order valence-corrected chi connectivity index (χ0v) is 16.5. The summed E-state index contributed by atoms with van der Waals surface area (Å²) in [6, 6.07) is 9.07. The maximum Gasteiger partial charge on any atom is 0.127 e. The van der Waals surface area contributed by atoms with Crippen molar-refractivity contribution in [1.82, 2.24) is 0 Å². The Morgan fingerprint density at radius 2 is 1.61 bits per heavy atom. The highest BCUT2D eigenvalue weighted by Gasteiger charge is 2.41. The van der Waals surface area contributed by atoms with Crippen LogP contribution in [-0.2, 0) is 5.41 Å². The van der Waals surface area contributed by atoms with Crippen molar-refractivity contribution in [2.45, 2.75) is 52.9 Å². The second-order valence-electron chi connectivity index (χ2n) is 7.29. The molecule has 2 heteroatoms. The first-order valence-corrected chi connectivity index (χ1v) is 9.09. The standard InChI is InChI=1S/C21H25BrO/c1-12(2)16-7-9-17(10-8-16)21(6)11-23-20-14(4)13(3)19(22)15(5)18(20)21/h7-10,12H,11H2,1-6H3. The summed E-state index contributed by atoms with van der Waals surface area (Å²) in [4.78, 5) is 0. The molecule has 1 atom stereocenters. The molecule has 0 fully saturated rings. The van der Waals surface area contributed by atoms with Crippen LogP contribution in [0.4, 0.5) is 0 Å². The Morgan fingerprint density at radius 1 is 1.00 bits per heavy atom. The van der Waals surface area contributed by atoms with Gasteiger partial charge < -0.3 is 4.74 Å². The van der Waals surface area contributed by atoms with Crippen LogP contribution in [-0.4, -0.2) is 6.61 Å². The van der Waals surface area contributed by atoms with E-state index in [1.165, 1.54) is 37.9 Å². The summed E-state index contributed by atoms with van der Waals surface area (Å²) < 4.78 is 7.39. The molecule has 1 nitrogen and oxygen atoms in total. The molecule has 0 radical (unpaired) electrons. The number of rotatable bonds is 2. The van der Waals surface area contributed by atoms with Crippen LogP contribution in [0.2, 0.25) is 0 Å². The summed E-state index contributed by atoms with van der Waals surface area (Å²) in [5.41, 5.74) is 7.80. The van der Waals surface area contributed by atoms with Gasteiger partial charge in [-0.05, 0) is 61.4 Å². The molecule has 0 aromatic heterocycles. The molecule has 0 spiro atoms. The molecule has 0 amide bonds. The maximum absolute atomic E-state index is 6.17. The molecular formula is C21H25BrO. The number of ether oxygens (including phenoxy) is 1. The average molecular weight is 373 g/mol. The Hall–Kier alpha value is -1.28. The third-order valence-corrected chi connectivity index (χ3v) is 6.62. The number of hydrogen-bond acceptors (Lipinski definition) is 1. The van der Waals surface area contributed by atoms with Gasteiger partial charge in [0.25, 0.3) is 0 Å². The molecule has 122 valence electrons. The van der Waals surface area contributed by atoms with E-state index in [4.69, 9.17) is 4.74 Å². The zero-order valence-electron chi connectivity index (χ0n) is 14.9. The molecule has 0 saturated heterocycles. The van der Waals surface area contributed by atoms with Gasteiger partial charge in [0.1, 0.15) is 12.4 Å². The molecule has 0 saturated carbocycles. The molecule has 23 heavy (non-hydrogen) atoms. The third kappa shape index (κ3) is 2.42. The maximum atomic E-state index is 6.17.